The van der Waals surface area contributed by atoms with Gasteiger partial charge in [-0.3, -0.25) is 4.79 Å². The standard InChI is InChI=1S/C23H22FNO4/c1-14-18-11-16(24)7-9-19(18)29-22(14)23(26)25(17-4-2-3-5-17)12-15-6-8-20-21(10-15)28-13-27-20/h6-11,17H,2-5,12-13H2,1H3. The molecule has 0 bridgehead atoms. The van der Waals surface area contributed by atoms with Crippen LogP contribution in [-0.2, 0) is 6.54 Å². The van der Waals surface area contributed by atoms with Crippen molar-refractivity contribution in [2.24, 2.45) is 0 Å². The van der Waals surface area contributed by atoms with Crippen LogP contribution in [0.15, 0.2) is 40.8 Å². The van der Waals surface area contributed by atoms with Crippen molar-refractivity contribution in [1.29, 1.82) is 0 Å². The number of aryl methyl sites for hydroxylation is 1. The van der Waals surface area contributed by atoms with Gasteiger partial charge in [-0.05, 0) is 55.7 Å². The van der Waals surface area contributed by atoms with Gasteiger partial charge in [-0.1, -0.05) is 18.9 Å². The van der Waals surface area contributed by atoms with Gasteiger partial charge in [0.1, 0.15) is 11.4 Å². The lowest BCUT2D eigenvalue weighted by Gasteiger charge is -2.28. The molecule has 29 heavy (non-hydrogen) atoms. The first kappa shape index (κ1) is 18.0. The van der Waals surface area contributed by atoms with Crippen molar-refractivity contribution in [3.05, 3.63) is 59.1 Å². The van der Waals surface area contributed by atoms with Crippen LogP contribution in [0.1, 0.15) is 47.4 Å². The zero-order valence-corrected chi connectivity index (χ0v) is 16.2. The first-order valence-electron chi connectivity index (χ1n) is 9.98. The fourth-order valence-corrected chi connectivity index (χ4v) is 4.35. The molecule has 2 heterocycles. The van der Waals surface area contributed by atoms with Gasteiger partial charge < -0.3 is 18.8 Å². The molecule has 0 saturated heterocycles. The highest BCUT2D eigenvalue weighted by molar-refractivity contribution is 5.99. The number of rotatable bonds is 4. The predicted octanol–water partition coefficient (Wildman–Crippen LogP) is 5.19. The summed E-state index contributed by atoms with van der Waals surface area (Å²) in [5.41, 5.74) is 2.19. The van der Waals surface area contributed by atoms with E-state index in [0.717, 1.165) is 37.0 Å². The van der Waals surface area contributed by atoms with E-state index in [1.54, 1.807) is 6.07 Å². The summed E-state index contributed by atoms with van der Waals surface area (Å²) in [6.45, 7) is 2.50. The van der Waals surface area contributed by atoms with Crippen LogP contribution in [0.25, 0.3) is 11.0 Å². The van der Waals surface area contributed by atoms with E-state index in [9.17, 15) is 9.18 Å². The molecule has 1 aliphatic heterocycles. The van der Waals surface area contributed by atoms with E-state index >= 15 is 0 Å². The van der Waals surface area contributed by atoms with E-state index in [2.05, 4.69) is 0 Å². The lowest BCUT2D eigenvalue weighted by atomic mass is 10.1. The molecule has 1 aliphatic carbocycles. The number of carbonyl (C=O) groups is 1. The molecular weight excluding hydrogens is 373 g/mol. The number of carbonyl (C=O) groups excluding carboxylic acids is 1. The molecular formula is C23H22FNO4. The van der Waals surface area contributed by atoms with E-state index < -0.39 is 0 Å². The number of hydrogen-bond donors (Lipinski definition) is 0. The topological polar surface area (TPSA) is 51.9 Å². The van der Waals surface area contributed by atoms with Gasteiger partial charge in [0.15, 0.2) is 17.3 Å². The summed E-state index contributed by atoms with van der Waals surface area (Å²) in [5, 5.41) is 0.641. The second-order valence-electron chi connectivity index (χ2n) is 7.76. The Morgan fingerprint density at radius 2 is 1.90 bits per heavy atom. The number of fused-ring (bicyclic) bond motifs is 2. The van der Waals surface area contributed by atoms with Crippen molar-refractivity contribution in [1.82, 2.24) is 4.90 Å². The van der Waals surface area contributed by atoms with Gasteiger partial charge in [0.05, 0.1) is 0 Å². The Bertz CT molecular complexity index is 1080. The third kappa shape index (κ3) is 3.22. The molecule has 1 fully saturated rings. The van der Waals surface area contributed by atoms with Gasteiger partial charge >= 0.3 is 0 Å². The van der Waals surface area contributed by atoms with Gasteiger partial charge in [0.2, 0.25) is 6.79 Å². The van der Waals surface area contributed by atoms with Crippen LogP contribution in [0.5, 0.6) is 11.5 Å². The molecule has 0 radical (unpaired) electrons. The van der Waals surface area contributed by atoms with E-state index in [1.165, 1.54) is 12.1 Å². The third-order valence-corrected chi connectivity index (χ3v) is 5.91. The van der Waals surface area contributed by atoms with Crippen molar-refractivity contribution in [2.75, 3.05) is 6.79 Å². The predicted molar refractivity (Wildman–Crippen MR) is 106 cm³/mol. The molecule has 0 unspecified atom stereocenters. The summed E-state index contributed by atoms with van der Waals surface area (Å²) in [6.07, 6.45) is 4.17. The number of ether oxygens (including phenoxy) is 2. The molecule has 1 aromatic heterocycles. The minimum atomic E-state index is -0.339. The highest BCUT2D eigenvalue weighted by atomic mass is 19.1. The summed E-state index contributed by atoms with van der Waals surface area (Å²) in [6, 6.07) is 10.3. The molecule has 0 spiro atoms. The molecule has 5 rings (SSSR count). The van der Waals surface area contributed by atoms with Crippen LogP contribution in [0, 0.1) is 12.7 Å². The number of furan rings is 1. The van der Waals surface area contributed by atoms with Gasteiger partial charge in [-0.15, -0.1) is 0 Å². The Morgan fingerprint density at radius 1 is 1.10 bits per heavy atom. The Hall–Kier alpha value is -3.02. The van der Waals surface area contributed by atoms with E-state index in [1.807, 2.05) is 30.0 Å². The molecule has 2 aromatic carbocycles. The maximum atomic E-state index is 13.7. The summed E-state index contributed by atoms with van der Waals surface area (Å²) in [5.74, 6) is 1.23. The minimum absolute atomic E-state index is 0.149. The first-order valence-corrected chi connectivity index (χ1v) is 9.98. The Balaban J connectivity index is 1.49. The summed E-state index contributed by atoms with van der Waals surface area (Å²) in [7, 11) is 0. The lowest BCUT2D eigenvalue weighted by molar-refractivity contribution is 0.0633. The first-order chi connectivity index (χ1) is 14.1. The van der Waals surface area contributed by atoms with Crippen LogP contribution in [0.2, 0.25) is 0 Å². The zero-order valence-electron chi connectivity index (χ0n) is 16.2. The molecule has 1 amide bonds. The van der Waals surface area contributed by atoms with E-state index in [4.69, 9.17) is 13.9 Å². The number of halogens is 1. The van der Waals surface area contributed by atoms with E-state index in [-0.39, 0.29) is 24.6 Å². The van der Waals surface area contributed by atoms with Crippen LogP contribution in [0.4, 0.5) is 4.39 Å². The molecule has 1 saturated carbocycles. The second kappa shape index (κ2) is 7.10. The molecule has 2 aliphatic rings. The van der Waals surface area contributed by atoms with Crippen molar-refractivity contribution in [2.45, 2.75) is 45.2 Å². The van der Waals surface area contributed by atoms with Crippen molar-refractivity contribution >= 4 is 16.9 Å². The number of amides is 1. The largest absolute Gasteiger partial charge is 0.454 e. The van der Waals surface area contributed by atoms with Gasteiger partial charge in [-0.25, -0.2) is 4.39 Å². The normalized spacial score (nSPS) is 15.9. The molecule has 3 aromatic rings. The van der Waals surface area contributed by atoms with Crippen LogP contribution < -0.4 is 9.47 Å². The number of benzene rings is 2. The van der Waals surface area contributed by atoms with Gasteiger partial charge in [0, 0.05) is 23.5 Å². The third-order valence-electron chi connectivity index (χ3n) is 5.91. The quantitative estimate of drug-likeness (QED) is 0.610. The van der Waals surface area contributed by atoms with Gasteiger partial charge in [-0.2, -0.15) is 0 Å². The Labute approximate surface area is 168 Å². The second-order valence-corrected chi connectivity index (χ2v) is 7.76. The summed E-state index contributed by atoms with van der Waals surface area (Å²) < 4.78 is 30.4. The van der Waals surface area contributed by atoms with Crippen molar-refractivity contribution < 1.29 is 23.1 Å². The molecule has 0 N–H and O–H groups in total. The fourth-order valence-electron chi connectivity index (χ4n) is 4.35. The van der Waals surface area contributed by atoms with Crippen LogP contribution in [-0.4, -0.2) is 23.6 Å². The fraction of sp³-hybridized carbons (Fsp3) is 0.348. The summed E-state index contributed by atoms with van der Waals surface area (Å²) in [4.78, 5) is 15.4. The van der Waals surface area contributed by atoms with E-state index in [0.29, 0.717) is 34.6 Å². The molecule has 150 valence electrons. The van der Waals surface area contributed by atoms with Crippen molar-refractivity contribution in [3.8, 4) is 11.5 Å². The zero-order chi connectivity index (χ0) is 20.0. The maximum absolute atomic E-state index is 13.7. The van der Waals surface area contributed by atoms with Gasteiger partial charge in [0.25, 0.3) is 5.91 Å². The SMILES string of the molecule is Cc1c(C(=O)N(Cc2ccc3c(c2)OCO3)C2CCCC2)oc2ccc(F)cc12. The highest BCUT2D eigenvalue weighted by Gasteiger charge is 2.31. The monoisotopic (exact) mass is 395 g/mol. The van der Waals surface area contributed by atoms with Crippen molar-refractivity contribution in [3.63, 3.8) is 0 Å². The molecule has 5 nitrogen and oxygen atoms in total. The average molecular weight is 395 g/mol. The average Bonchev–Trinajstić information content (AvgIpc) is 3.46. The van der Waals surface area contributed by atoms with Crippen LogP contribution >= 0.6 is 0 Å². The number of hydrogen-bond acceptors (Lipinski definition) is 4. The highest BCUT2D eigenvalue weighted by Crippen LogP contribution is 2.35. The van der Waals surface area contributed by atoms with Crippen LogP contribution in [0.3, 0.4) is 0 Å². The molecule has 6 heteroatoms. The Morgan fingerprint density at radius 3 is 2.72 bits per heavy atom. The smallest absolute Gasteiger partial charge is 0.290 e. The Kier molecular flexibility index (Phi) is 4.42. The molecule has 0 atom stereocenters. The number of nitrogens with zero attached hydrogens (tertiary/aromatic N) is 1. The summed E-state index contributed by atoms with van der Waals surface area (Å²) >= 11 is 0. The minimum Gasteiger partial charge on any atom is -0.454 e. The maximum Gasteiger partial charge on any atom is 0.290 e. The lowest BCUT2D eigenvalue weighted by Crippen LogP contribution is -2.38.